The lowest BCUT2D eigenvalue weighted by Crippen LogP contribution is -2.39. The van der Waals surface area contributed by atoms with Crippen LogP contribution in [0.5, 0.6) is 5.75 Å². The van der Waals surface area contributed by atoms with Gasteiger partial charge in [0.2, 0.25) is 0 Å². The van der Waals surface area contributed by atoms with Crippen LogP contribution in [0.1, 0.15) is 18.9 Å². The molecule has 6 heteroatoms. The number of carbonyl (C=O) groups is 2. The molecular weight excluding hydrogens is 398 g/mol. The molecule has 3 rings (SSSR count). The lowest BCUT2D eigenvalue weighted by atomic mass is 10.0. The van der Waals surface area contributed by atoms with Crippen molar-refractivity contribution in [3.63, 3.8) is 0 Å². The normalized spacial score (nSPS) is 14.3. The average Bonchev–Trinajstić information content (AvgIpc) is 2.67. The predicted octanol–water partition coefficient (Wildman–Crippen LogP) is 3.74. The summed E-state index contributed by atoms with van der Waals surface area (Å²) in [4.78, 5) is 26.3. The Kier molecular flexibility index (Phi) is 5.93. The van der Waals surface area contributed by atoms with E-state index in [-0.39, 0.29) is 12.5 Å². The van der Waals surface area contributed by atoms with E-state index in [2.05, 4.69) is 15.9 Å². The van der Waals surface area contributed by atoms with Gasteiger partial charge in [0.05, 0.1) is 0 Å². The number of amides is 1. The summed E-state index contributed by atoms with van der Waals surface area (Å²) in [6.45, 7) is 1.95. The first-order valence-electron chi connectivity index (χ1n) is 8.52. The summed E-state index contributed by atoms with van der Waals surface area (Å²) in [5.74, 6) is -0.221. The molecule has 1 atom stereocenters. The molecule has 0 fully saturated rings. The maximum Gasteiger partial charge on any atom is 0.347 e. The van der Waals surface area contributed by atoms with Gasteiger partial charge in [0.15, 0.2) is 12.7 Å². The van der Waals surface area contributed by atoms with E-state index in [0.29, 0.717) is 12.3 Å². The molecule has 0 unspecified atom stereocenters. The predicted molar refractivity (Wildman–Crippen MR) is 102 cm³/mol. The third-order valence-electron chi connectivity index (χ3n) is 4.21. The number of esters is 1. The first-order chi connectivity index (χ1) is 12.5. The minimum absolute atomic E-state index is 0.221. The fourth-order valence-corrected chi connectivity index (χ4v) is 3.15. The van der Waals surface area contributed by atoms with E-state index in [1.807, 2.05) is 36.4 Å². The van der Waals surface area contributed by atoms with Crippen molar-refractivity contribution >= 4 is 33.5 Å². The van der Waals surface area contributed by atoms with Crippen LogP contribution in [0.4, 0.5) is 5.69 Å². The molecule has 0 saturated carbocycles. The van der Waals surface area contributed by atoms with Crippen LogP contribution in [-0.2, 0) is 20.7 Å². The summed E-state index contributed by atoms with van der Waals surface area (Å²) in [6, 6.07) is 15.0. The third-order valence-corrected chi connectivity index (χ3v) is 4.74. The van der Waals surface area contributed by atoms with Crippen LogP contribution in [0.3, 0.4) is 0 Å². The van der Waals surface area contributed by atoms with Crippen LogP contribution in [0.25, 0.3) is 0 Å². The lowest BCUT2D eigenvalue weighted by Gasteiger charge is -2.29. The van der Waals surface area contributed by atoms with Crippen molar-refractivity contribution in [2.24, 2.45) is 0 Å². The molecule has 0 radical (unpaired) electrons. The topological polar surface area (TPSA) is 55.8 Å². The molecule has 1 heterocycles. The van der Waals surface area contributed by atoms with Gasteiger partial charge >= 0.3 is 5.97 Å². The molecule has 136 valence electrons. The summed E-state index contributed by atoms with van der Waals surface area (Å²) in [6.07, 6.45) is 1.06. The van der Waals surface area contributed by atoms with Gasteiger partial charge in [0, 0.05) is 16.7 Å². The highest BCUT2D eigenvalue weighted by Crippen LogP contribution is 2.26. The van der Waals surface area contributed by atoms with Gasteiger partial charge in [-0.05, 0) is 55.7 Å². The number of aryl methyl sites for hydroxylation is 1. The van der Waals surface area contributed by atoms with Crippen LogP contribution in [0, 0.1) is 0 Å². The number of anilines is 1. The van der Waals surface area contributed by atoms with Crippen molar-refractivity contribution in [3.05, 3.63) is 58.6 Å². The van der Waals surface area contributed by atoms with E-state index in [9.17, 15) is 9.59 Å². The molecule has 26 heavy (non-hydrogen) atoms. The van der Waals surface area contributed by atoms with Crippen molar-refractivity contribution < 1.29 is 19.1 Å². The Hall–Kier alpha value is -2.34. The van der Waals surface area contributed by atoms with Crippen molar-refractivity contribution in [1.29, 1.82) is 0 Å². The maximum absolute atomic E-state index is 12.5. The Morgan fingerprint density at radius 2 is 1.88 bits per heavy atom. The largest absolute Gasteiger partial charge is 0.479 e. The first kappa shape index (κ1) is 18.5. The monoisotopic (exact) mass is 417 g/mol. The fraction of sp³-hybridized carbons (Fsp3) is 0.300. The highest BCUT2D eigenvalue weighted by Gasteiger charge is 2.24. The van der Waals surface area contributed by atoms with Crippen LogP contribution in [0.2, 0.25) is 0 Å². The fourth-order valence-electron chi connectivity index (χ4n) is 2.89. The first-order valence-corrected chi connectivity index (χ1v) is 9.31. The molecule has 0 aromatic heterocycles. The zero-order chi connectivity index (χ0) is 18.5. The van der Waals surface area contributed by atoms with Gasteiger partial charge in [-0.25, -0.2) is 4.79 Å². The quantitative estimate of drug-likeness (QED) is 0.695. The Morgan fingerprint density at radius 1 is 1.15 bits per heavy atom. The van der Waals surface area contributed by atoms with Gasteiger partial charge < -0.3 is 14.4 Å². The van der Waals surface area contributed by atoms with Crippen LogP contribution in [-0.4, -0.2) is 31.1 Å². The molecular formula is C20H20BrNO4. The number of benzene rings is 2. The zero-order valence-corrected chi connectivity index (χ0v) is 16.1. The van der Waals surface area contributed by atoms with Gasteiger partial charge in [-0.3, -0.25) is 4.79 Å². The van der Waals surface area contributed by atoms with E-state index in [0.717, 1.165) is 28.6 Å². The number of halogens is 1. The van der Waals surface area contributed by atoms with Gasteiger partial charge in [0.1, 0.15) is 5.75 Å². The second kappa shape index (κ2) is 8.36. The molecule has 1 aliphatic heterocycles. The number of para-hydroxylation sites is 1. The van der Waals surface area contributed by atoms with Crippen molar-refractivity contribution in [2.75, 3.05) is 18.1 Å². The number of hydrogen-bond acceptors (Lipinski definition) is 4. The highest BCUT2D eigenvalue weighted by molar-refractivity contribution is 9.10. The molecule has 5 nitrogen and oxygen atoms in total. The Balaban J connectivity index is 1.54. The highest BCUT2D eigenvalue weighted by atomic mass is 79.9. The van der Waals surface area contributed by atoms with Crippen molar-refractivity contribution in [2.45, 2.75) is 25.9 Å². The molecule has 1 aliphatic rings. The number of rotatable bonds is 5. The molecule has 0 bridgehead atoms. The second-order valence-corrected chi connectivity index (χ2v) is 7.02. The van der Waals surface area contributed by atoms with E-state index in [1.54, 1.807) is 24.0 Å². The number of carbonyl (C=O) groups excluding carboxylic acids is 2. The Bertz CT molecular complexity index is 791. The van der Waals surface area contributed by atoms with E-state index >= 15 is 0 Å². The van der Waals surface area contributed by atoms with Gasteiger partial charge in [-0.2, -0.15) is 0 Å². The van der Waals surface area contributed by atoms with Gasteiger partial charge in [-0.1, -0.05) is 34.1 Å². The lowest BCUT2D eigenvalue weighted by molar-refractivity contribution is -0.154. The second-order valence-electron chi connectivity index (χ2n) is 6.10. The Morgan fingerprint density at radius 3 is 2.65 bits per heavy atom. The molecule has 2 aromatic rings. The molecule has 2 aromatic carbocycles. The summed E-state index contributed by atoms with van der Waals surface area (Å²) in [5.41, 5.74) is 2.05. The molecule has 0 saturated heterocycles. The maximum atomic E-state index is 12.5. The number of nitrogens with zero attached hydrogens (tertiary/aromatic N) is 1. The smallest absolute Gasteiger partial charge is 0.347 e. The summed E-state index contributed by atoms with van der Waals surface area (Å²) >= 11 is 3.34. The van der Waals surface area contributed by atoms with Crippen LogP contribution >= 0.6 is 15.9 Å². The van der Waals surface area contributed by atoms with E-state index in [1.165, 1.54) is 0 Å². The van der Waals surface area contributed by atoms with Gasteiger partial charge in [-0.15, -0.1) is 0 Å². The molecule has 0 N–H and O–H groups in total. The number of ether oxygens (including phenoxy) is 2. The zero-order valence-electron chi connectivity index (χ0n) is 14.5. The SMILES string of the molecule is C[C@@H](Oc1ccc(Br)cc1)C(=O)OCC(=O)N1CCCc2ccccc21. The minimum atomic E-state index is -0.794. The summed E-state index contributed by atoms with van der Waals surface area (Å²) in [5, 5.41) is 0. The third kappa shape index (κ3) is 4.43. The standard InChI is InChI=1S/C20H20BrNO4/c1-14(26-17-10-8-16(21)9-11-17)20(24)25-13-19(23)22-12-4-6-15-5-2-3-7-18(15)22/h2-3,5,7-11,14H,4,6,12-13H2,1H3/t14-/m1/s1. The summed E-state index contributed by atoms with van der Waals surface area (Å²) in [7, 11) is 0. The number of hydrogen-bond donors (Lipinski definition) is 0. The molecule has 1 amide bonds. The number of fused-ring (bicyclic) bond motifs is 1. The van der Waals surface area contributed by atoms with Crippen LogP contribution < -0.4 is 9.64 Å². The minimum Gasteiger partial charge on any atom is -0.479 e. The van der Waals surface area contributed by atoms with E-state index < -0.39 is 12.1 Å². The van der Waals surface area contributed by atoms with Crippen molar-refractivity contribution in [1.82, 2.24) is 0 Å². The summed E-state index contributed by atoms with van der Waals surface area (Å²) < 4.78 is 11.6. The van der Waals surface area contributed by atoms with Gasteiger partial charge in [0.25, 0.3) is 5.91 Å². The molecule has 0 spiro atoms. The average molecular weight is 418 g/mol. The van der Waals surface area contributed by atoms with Crippen molar-refractivity contribution in [3.8, 4) is 5.75 Å². The van der Waals surface area contributed by atoms with E-state index in [4.69, 9.17) is 9.47 Å². The molecule has 0 aliphatic carbocycles. The Labute approximate surface area is 161 Å². The van der Waals surface area contributed by atoms with Crippen LogP contribution in [0.15, 0.2) is 53.0 Å².